The summed E-state index contributed by atoms with van der Waals surface area (Å²) in [5.41, 5.74) is 2.54. The van der Waals surface area contributed by atoms with Gasteiger partial charge >= 0.3 is 0 Å². The maximum atomic E-state index is 6.35. The Balaban J connectivity index is 2.32. The Morgan fingerprint density at radius 1 is 1.33 bits per heavy atom. The van der Waals surface area contributed by atoms with Gasteiger partial charge in [0.1, 0.15) is 0 Å². The minimum absolute atomic E-state index is 0.613. The Kier molecular flexibility index (Phi) is 4.90. The molecule has 1 heterocycles. The van der Waals surface area contributed by atoms with E-state index in [1.807, 2.05) is 13.1 Å². The Morgan fingerprint density at radius 3 is 2.94 bits per heavy atom. The summed E-state index contributed by atoms with van der Waals surface area (Å²) in [7, 11) is 1.97. The minimum Gasteiger partial charge on any atom is -0.369 e. The highest BCUT2D eigenvalue weighted by Crippen LogP contribution is 2.31. The van der Waals surface area contributed by atoms with Crippen molar-refractivity contribution >= 4 is 17.3 Å². The van der Waals surface area contributed by atoms with Gasteiger partial charge in [-0.2, -0.15) is 0 Å². The normalized spacial score (nSPS) is 20.8. The van der Waals surface area contributed by atoms with Crippen molar-refractivity contribution in [2.24, 2.45) is 0 Å². The number of nitrogens with one attached hydrogen (secondary N) is 1. The molecule has 0 aromatic heterocycles. The molecule has 1 saturated heterocycles. The lowest BCUT2D eigenvalue weighted by Gasteiger charge is -2.31. The van der Waals surface area contributed by atoms with Crippen molar-refractivity contribution in [3.8, 4) is 0 Å². The number of benzene rings is 1. The van der Waals surface area contributed by atoms with Gasteiger partial charge in [-0.25, -0.2) is 0 Å². The van der Waals surface area contributed by atoms with E-state index in [4.69, 9.17) is 11.6 Å². The fourth-order valence-electron chi connectivity index (χ4n) is 2.80. The van der Waals surface area contributed by atoms with Crippen LogP contribution >= 0.6 is 11.6 Å². The first-order chi connectivity index (χ1) is 8.74. The first-order valence-corrected chi connectivity index (χ1v) is 7.30. The van der Waals surface area contributed by atoms with Gasteiger partial charge < -0.3 is 10.2 Å². The van der Waals surface area contributed by atoms with Gasteiger partial charge in [0.25, 0.3) is 0 Å². The average Bonchev–Trinajstić information content (AvgIpc) is 2.57. The lowest BCUT2D eigenvalue weighted by Crippen LogP contribution is -2.33. The van der Waals surface area contributed by atoms with Gasteiger partial charge in [0.2, 0.25) is 0 Å². The molecule has 0 bridgehead atoms. The highest BCUT2D eigenvalue weighted by Gasteiger charge is 2.20. The molecule has 0 amide bonds. The van der Waals surface area contributed by atoms with Crippen LogP contribution in [0.5, 0.6) is 0 Å². The van der Waals surface area contributed by atoms with E-state index in [1.165, 1.54) is 36.9 Å². The highest BCUT2D eigenvalue weighted by atomic mass is 35.5. The van der Waals surface area contributed by atoms with E-state index in [2.05, 4.69) is 29.3 Å². The number of hydrogen-bond acceptors (Lipinski definition) is 2. The van der Waals surface area contributed by atoms with Crippen molar-refractivity contribution in [2.45, 2.75) is 45.2 Å². The number of rotatable bonds is 3. The summed E-state index contributed by atoms with van der Waals surface area (Å²) >= 11 is 6.35. The SMILES string of the molecule is CNCc1c(Cl)cccc1N1CCCCCC1C. The van der Waals surface area contributed by atoms with Gasteiger partial charge in [0.15, 0.2) is 0 Å². The van der Waals surface area contributed by atoms with Crippen LogP contribution in [0.2, 0.25) is 5.02 Å². The van der Waals surface area contributed by atoms with Crippen molar-refractivity contribution in [1.29, 1.82) is 0 Å². The largest absolute Gasteiger partial charge is 0.369 e. The Labute approximate surface area is 115 Å². The van der Waals surface area contributed by atoms with Gasteiger partial charge in [-0.3, -0.25) is 0 Å². The standard InChI is InChI=1S/C15H23ClN2/c1-12-7-4-3-5-10-18(12)15-9-6-8-14(16)13(15)11-17-2/h6,8-9,12,17H,3-5,7,10-11H2,1-2H3. The van der Waals surface area contributed by atoms with E-state index >= 15 is 0 Å². The molecule has 0 radical (unpaired) electrons. The van der Waals surface area contributed by atoms with Crippen LogP contribution < -0.4 is 10.2 Å². The van der Waals surface area contributed by atoms with Crippen LogP contribution in [0.1, 0.15) is 38.2 Å². The summed E-state index contributed by atoms with van der Waals surface area (Å²) < 4.78 is 0. The molecule has 2 nitrogen and oxygen atoms in total. The van der Waals surface area contributed by atoms with E-state index < -0.39 is 0 Å². The first kappa shape index (κ1) is 13.7. The fourth-order valence-corrected chi connectivity index (χ4v) is 3.04. The lowest BCUT2D eigenvalue weighted by molar-refractivity contribution is 0.613. The van der Waals surface area contributed by atoms with Gasteiger partial charge in [-0.05, 0) is 38.9 Å². The molecule has 18 heavy (non-hydrogen) atoms. The van der Waals surface area contributed by atoms with E-state index in [0.717, 1.165) is 18.1 Å². The third-order valence-corrected chi connectivity index (χ3v) is 4.16. The van der Waals surface area contributed by atoms with E-state index in [-0.39, 0.29) is 0 Å². The van der Waals surface area contributed by atoms with E-state index in [9.17, 15) is 0 Å². The molecular formula is C15H23ClN2. The molecule has 0 spiro atoms. The van der Waals surface area contributed by atoms with E-state index in [1.54, 1.807) is 0 Å². The number of halogens is 1. The molecule has 2 rings (SSSR count). The molecule has 0 saturated carbocycles. The van der Waals surface area contributed by atoms with Crippen molar-refractivity contribution in [2.75, 3.05) is 18.5 Å². The molecule has 100 valence electrons. The number of hydrogen-bond donors (Lipinski definition) is 1. The van der Waals surface area contributed by atoms with Crippen LogP contribution in [0.4, 0.5) is 5.69 Å². The highest BCUT2D eigenvalue weighted by molar-refractivity contribution is 6.31. The second-order valence-electron chi connectivity index (χ2n) is 5.16. The third kappa shape index (κ3) is 2.99. The fraction of sp³-hybridized carbons (Fsp3) is 0.600. The van der Waals surface area contributed by atoms with Gasteiger partial charge in [0, 0.05) is 35.4 Å². The molecule has 1 atom stereocenters. The van der Waals surface area contributed by atoms with Gasteiger partial charge in [0.05, 0.1) is 0 Å². The second-order valence-corrected chi connectivity index (χ2v) is 5.57. The second kappa shape index (κ2) is 6.44. The van der Waals surface area contributed by atoms with Crippen LogP contribution in [0, 0.1) is 0 Å². The predicted molar refractivity (Wildman–Crippen MR) is 79.5 cm³/mol. The van der Waals surface area contributed by atoms with Crippen molar-refractivity contribution < 1.29 is 0 Å². The molecule has 3 heteroatoms. The Hall–Kier alpha value is -0.730. The molecule has 1 aliphatic rings. The van der Waals surface area contributed by atoms with Crippen LogP contribution in [-0.4, -0.2) is 19.6 Å². The van der Waals surface area contributed by atoms with Gasteiger partial charge in [-0.1, -0.05) is 30.5 Å². The summed E-state index contributed by atoms with van der Waals surface area (Å²) in [6.07, 6.45) is 5.27. The Morgan fingerprint density at radius 2 is 2.17 bits per heavy atom. The summed E-state index contributed by atoms with van der Waals surface area (Å²) in [6.45, 7) is 4.31. The summed E-state index contributed by atoms with van der Waals surface area (Å²) in [5, 5.41) is 4.10. The van der Waals surface area contributed by atoms with Crippen LogP contribution in [0.15, 0.2) is 18.2 Å². The zero-order valence-corrected chi connectivity index (χ0v) is 12.1. The van der Waals surface area contributed by atoms with E-state index in [0.29, 0.717) is 6.04 Å². The van der Waals surface area contributed by atoms with Gasteiger partial charge in [-0.15, -0.1) is 0 Å². The van der Waals surface area contributed by atoms with Crippen LogP contribution in [0.3, 0.4) is 0 Å². The average molecular weight is 267 g/mol. The van der Waals surface area contributed by atoms with Crippen molar-refractivity contribution in [3.05, 3.63) is 28.8 Å². The van der Waals surface area contributed by atoms with Crippen molar-refractivity contribution in [1.82, 2.24) is 5.32 Å². The Bertz CT molecular complexity index is 392. The molecule has 1 N–H and O–H groups in total. The zero-order valence-electron chi connectivity index (χ0n) is 11.4. The molecule has 1 unspecified atom stereocenters. The summed E-state index contributed by atoms with van der Waals surface area (Å²) in [6, 6.07) is 6.87. The first-order valence-electron chi connectivity index (χ1n) is 6.92. The molecule has 1 aliphatic heterocycles. The summed E-state index contributed by atoms with van der Waals surface area (Å²) in [5.74, 6) is 0. The third-order valence-electron chi connectivity index (χ3n) is 3.81. The van der Waals surface area contributed by atoms with Crippen molar-refractivity contribution in [3.63, 3.8) is 0 Å². The predicted octanol–water partition coefficient (Wildman–Crippen LogP) is 3.83. The maximum Gasteiger partial charge on any atom is 0.0471 e. The smallest absolute Gasteiger partial charge is 0.0471 e. The number of nitrogens with zero attached hydrogens (tertiary/aromatic N) is 1. The molecule has 0 aliphatic carbocycles. The molecule has 1 aromatic rings. The lowest BCUT2D eigenvalue weighted by atomic mass is 10.1. The maximum absolute atomic E-state index is 6.35. The zero-order chi connectivity index (χ0) is 13.0. The topological polar surface area (TPSA) is 15.3 Å². The summed E-state index contributed by atoms with van der Waals surface area (Å²) in [4.78, 5) is 2.53. The molecular weight excluding hydrogens is 244 g/mol. The van der Waals surface area contributed by atoms with Crippen LogP contribution in [0.25, 0.3) is 0 Å². The number of anilines is 1. The molecule has 1 fully saturated rings. The quantitative estimate of drug-likeness (QED) is 0.895. The van der Waals surface area contributed by atoms with Crippen LogP contribution in [-0.2, 0) is 6.54 Å². The monoisotopic (exact) mass is 266 g/mol. The minimum atomic E-state index is 0.613. The molecule has 1 aromatic carbocycles.